The third-order valence-corrected chi connectivity index (χ3v) is 3.07. The second-order valence-corrected chi connectivity index (χ2v) is 5.39. The Labute approximate surface area is 115 Å². The number of aliphatic hydroxyl groups is 1. The number of fused-ring (bicyclic) bond motifs is 1. The molecule has 0 radical (unpaired) electrons. The fourth-order valence-corrected chi connectivity index (χ4v) is 2.39. The van der Waals surface area contributed by atoms with Gasteiger partial charge in [0, 0.05) is 13.3 Å². The molecule has 0 spiro atoms. The molecule has 0 saturated carbocycles. The van der Waals surface area contributed by atoms with Crippen molar-refractivity contribution < 1.29 is 19.6 Å². The summed E-state index contributed by atoms with van der Waals surface area (Å²) in [5.74, 6) is -0.144. The fraction of sp³-hybridized carbons (Fsp3) is 0.462. The molecule has 0 aromatic heterocycles. The number of nitrogens with one attached hydrogen (secondary N) is 1. The predicted octanol–water partition coefficient (Wildman–Crippen LogP) is 2.15. The molecule has 2 rings (SSSR count). The number of aliphatic hydroxyl groups excluding tert-OH is 1. The van der Waals surface area contributed by atoms with Gasteiger partial charge in [0.15, 0.2) is 0 Å². The first-order valence-corrected chi connectivity index (χ1v) is 6.17. The van der Waals surface area contributed by atoms with Crippen molar-refractivity contribution in [2.75, 3.05) is 5.32 Å². The number of carbonyl (C=O) groups excluding carboxylic acids is 1. The SMILES string of the molecule is CC(=O)Nc1ccc2c(c1[N+](=O)[O-])C(O)CC(C)(C)O2. The van der Waals surface area contributed by atoms with Gasteiger partial charge in [-0.2, -0.15) is 0 Å². The van der Waals surface area contributed by atoms with Crippen LogP contribution in [0.15, 0.2) is 12.1 Å². The lowest BCUT2D eigenvalue weighted by atomic mass is 9.90. The number of hydrogen-bond acceptors (Lipinski definition) is 5. The molecular formula is C13H16N2O5. The summed E-state index contributed by atoms with van der Waals surface area (Å²) in [6.07, 6.45) is -0.771. The molecule has 0 bridgehead atoms. The number of nitrogens with zero attached hydrogens (tertiary/aromatic N) is 1. The maximum absolute atomic E-state index is 11.3. The molecule has 2 N–H and O–H groups in total. The van der Waals surface area contributed by atoms with Crippen LogP contribution >= 0.6 is 0 Å². The zero-order valence-corrected chi connectivity index (χ0v) is 11.5. The third-order valence-electron chi connectivity index (χ3n) is 3.07. The summed E-state index contributed by atoms with van der Waals surface area (Å²) in [6, 6.07) is 2.93. The van der Waals surface area contributed by atoms with Gasteiger partial charge < -0.3 is 15.2 Å². The number of amides is 1. The van der Waals surface area contributed by atoms with Crippen LogP contribution in [0.5, 0.6) is 5.75 Å². The summed E-state index contributed by atoms with van der Waals surface area (Å²) in [5.41, 5.74) is -0.750. The van der Waals surface area contributed by atoms with E-state index in [-0.39, 0.29) is 29.1 Å². The molecule has 7 nitrogen and oxygen atoms in total. The predicted molar refractivity (Wildman–Crippen MR) is 71.7 cm³/mol. The van der Waals surface area contributed by atoms with Crippen LogP contribution in [-0.4, -0.2) is 21.5 Å². The van der Waals surface area contributed by atoms with Crippen molar-refractivity contribution in [3.05, 3.63) is 27.8 Å². The molecule has 0 fully saturated rings. The average Bonchev–Trinajstić information content (AvgIpc) is 2.26. The molecule has 1 heterocycles. The van der Waals surface area contributed by atoms with E-state index in [9.17, 15) is 20.0 Å². The Balaban J connectivity index is 2.61. The summed E-state index contributed by atoms with van der Waals surface area (Å²) >= 11 is 0. The van der Waals surface area contributed by atoms with Gasteiger partial charge in [0.1, 0.15) is 22.6 Å². The topological polar surface area (TPSA) is 102 Å². The van der Waals surface area contributed by atoms with Crippen molar-refractivity contribution in [1.82, 2.24) is 0 Å². The molecule has 7 heteroatoms. The number of nitro groups is 1. The van der Waals surface area contributed by atoms with Gasteiger partial charge in [-0.05, 0) is 26.0 Å². The number of hydrogen-bond donors (Lipinski definition) is 2. The van der Waals surface area contributed by atoms with Crippen molar-refractivity contribution in [2.45, 2.75) is 38.9 Å². The highest BCUT2D eigenvalue weighted by molar-refractivity contribution is 5.92. The van der Waals surface area contributed by atoms with Gasteiger partial charge in [0.05, 0.1) is 11.0 Å². The standard InChI is InChI=1S/C13H16N2O5/c1-7(16)14-8-4-5-10-11(12(8)15(18)19)9(17)6-13(2,3)20-10/h4-5,9,17H,6H2,1-3H3,(H,14,16). The Morgan fingerprint density at radius 3 is 2.75 bits per heavy atom. The zero-order chi connectivity index (χ0) is 15.1. The van der Waals surface area contributed by atoms with Crippen molar-refractivity contribution >= 4 is 17.3 Å². The smallest absolute Gasteiger partial charge is 0.302 e. The Morgan fingerprint density at radius 2 is 2.20 bits per heavy atom. The fourth-order valence-electron chi connectivity index (χ4n) is 2.39. The Morgan fingerprint density at radius 1 is 1.55 bits per heavy atom. The first-order chi connectivity index (χ1) is 9.21. The molecule has 1 amide bonds. The van der Waals surface area contributed by atoms with Gasteiger partial charge in [-0.25, -0.2) is 0 Å². The summed E-state index contributed by atoms with van der Waals surface area (Å²) in [6.45, 7) is 4.86. The van der Waals surface area contributed by atoms with Crippen LogP contribution in [0.25, 0.3) is 0 Å². The third kappa shape index (κ3) is 2.57. The second kappa shape index (κ2) is 4.75. The highest BCUT2D eigenvalue weighted by Gasteiger charge is 2.39. The van der Waals surface area contributed by atoms with Crippen molar-refractivity contribution in [3.8, 4) is 5.75 Å². The minimum atomic E-state index is -1.01. The number of carbonyl (C=O) groups is 1. The highest BCUT2D eigenvalue weighted by Crippen LogP contribution is 2.46. The molecule has 20 heavy (non-hydrogen) atoms. The lowest BCUT2D eigenvalue weighted by Crippen LogP contribution is -2.35. The molecule has 1 aliphatic rings. The van der Waals surface area contributed by atoms with E-state index in [0.717, 1.165) is 0 Å². The molecule has 0 aliphatic carbocycles. The normalized spacial score (nSPS) is 19.7. The Bertz CT molecular complexity index is 582. The summed E-state index contributed by atoms with van der Waals surface area (Å²) in [5, 5.41) is 23.9. The monoisotopic (exact) mass is 280 g/mol. The molecule has 1 atom stereocenters. The molecule has 0 saturated heterocycles. The summed E-state index contributed by atoms with van der Waals surface area (Å²) in [4.78, 5) is 21.8. The van der Waals surface area contributed by atoms with E-state index in [0.29, 0.717) is 0 Å². The Hall–Kier alpha value is -2.15. The number of rotatable bonds is 2. The molecule has 1 aromatic rings. The van der Waals surface area contributed by atoms with Gasteiger partial charge in [0.25, 0.3) is 0 Å². The van der Waals surface area contributed by atoms with Crippen LogP contribution < -0.4 is 10.1 Å². The molecule has 1 unspecified atom stereocenters. The van der Waals surface area contributed by atoms with Gasteiger partial charge in [-0.3, -0.25) is 14.9 Å². The van der Waals surface area contributed by atoms with Gasteiger partial charge in [-0.1, -0.05) is 0 Å². The minimum absolute atomic E-state index is 0.0589. The molecule has 1 aromatic carbocycles. The maximum Gasteiger partial charge on any atom is 0.302 e. The minimum Gasteiger partial charge on any atom is -0.487 e. The lowest BCUT2D eigenvalue weighted by Gasteiger charge is -2.35. The molecule has 1 aliphatic heterocycles. The van der Waals surface area contributed by atoms with E-state index < -0.39 is 22.5 Å². The largest absolute Gasteiger partial charge is 0.487 e. The maximum atomic E-state index is 11.3. The number of ether oxygens (including phenoxy) is 1. The van der Waals surface area contributed by atoms with Crippen molar-refractivity contribution in [2.24, 2.45) is 0 Å². The van der Waals surface area contributed by atoms with Crippen LogP contribution in [0, 0.1) is 10.1 Å². The van der Waals surface area contributed by atoms with Crippen LogP contribution in [0.4, 0.5) is 11.4 Å². The van der Waals surface area contributed by atoms with E-state index in [2.05, 4.69) is 5.32 Å². The van der Waals surface area contributed by atoms with Crippen LogP contribution in [0.3, 0.4) is 0 Å². The van der Waals surface area contributed by atoms with Gasteiger partial charge >= 0.3 is 5.69 Å². The van der Waals surface area contributed by atoms with Gasteiger partial charge in [-0.15, -0.1) is 0 Å². The van der Waals surface area contributed by atoms with E-state index in [1.807, 2.05) is 0 Å². The first kappa shape index (κ1) is 14.3. The zero-order valence-electron chi connectivity index (χ0n) is 11.5. The highest BCUT2D eigenvalue weighted by atomic mass is 16.6. The van der Waals surface area contributed by atoms with Crippen molar-refractivity contribution in [1.29, 1.82) is 0 Å². The number of nitro benzene ring substituents is 1. The summed E-state index contributed by atoms with van der Waals surface area (Å²) in [7, 11) is 0. The quantitative estimate of drug-likeness (QED) is 0.638. The first-order valence-electron chi connectivity index (χ1n) is 6.17. The van der Waals surface area contributed by atoms with Crippen LogP contribution in [-0.2, 0) is 4.79 Å². The van der Waals surface area contributed by atoms with Crippen LogP contribution in [0.2, 0.25) is 0 Å². The summed E-state index contributed by atoms with van der Waals surface area (Å²) < 4.78 is 5.66. The average molecular weight is 280 g/mol. The van der Waals surface area contributed by atoms with E-state index >= 15 is 0 Å². The van der Waals surface area contributed by atoms with E-state index in [1.165, 1.54) is 19.1 Å². The number of anilines is 1. The van der Waals surface area contributed by atoms with E-state index in [4.69, 9.17) is 4.74 Å². The Kier molecular flexibility index (Phi) is 3.39. The second-order valence-electron chi connectivity index (χ2n) is 5.39. The van der Waals surface area contributed by atoms with E-state index in [1.54, 1.807) is 13.8 Å². The lowest BCUT2D eigenvalue weighted by molar-refractivity contribution is -0.385. The van der Waals surface area contributed by atoms with Crippen LogP contribution in [0.1, 0.15) is 38.9 Å². The van der Waals surface area contributed by atoms with Gasteiger partial charge in [0.2, 0.25) is 5.91 Å². The number of benzene rings is 1. The molecule has 108 valence electrons. The van der Waals surface area contributed by atoms with Crippen molar-refractivity contribution in [3.63, 3.8) is 0 Å². The molecular weight excluding hydrogens is 264 g/mol.